The summed E-state index contributed by atoms with van der Waals surface area (Å²) in [6.45, 7) is 2.12. The summed E-state index contributed by atoms with van der Waals surface area (Å²) < 4.78 is 5.27. The first-order valence-corrected chi connectivity index (χ1v) is 7.89. The van der Waals surface area contributed by atoms with Gasteiger partial charge in [-0.1, -0.05) is 18.2 Å². The number of carbonyl (C=O) groups is 1. The Morgan fingerprint density at radius 1 is 1.22 bits per heavy atom. The smallest absolute Gasteiger partial charge is 0.228 e. The van der Waals surface area contributed by atoms with Crippen LogP contribution in [0.3, 0.4) is 0 Å². The van der Waals surface area contributed by atoms with Crippen LogP contribution < -0.4 is 15.0 Å². The van der Waals surface area contributed by atoms with Gasteiger partial charge in [-0.15, -0.1) is 0 Å². The molecule has 1 N–H and O–H groups in total. The highest BCUT2D eigenvalue weighted by molar-refractivity contribution is 5.92. The predicted octanol–water partition coefficient (Wildman–Crippen LogP) is 2.87. The molecule has 23 heavy (non-hydrogen) atoms. The molecule has 3 rings (SSSR count). The van der Waals surface area contributed by atoms with Gasteiger partial charge in [0.05, 0.1) is 25.4 Å². The number of anilines is 2. The summed E-state index contributed by atoms with van der Waals surface area (Å²) in [4.78, 5) is 18.9. The van der Waals surface area contributed by atoms with Crippen molar-refractivity contribution in [2.75, 3.05) is 30.4 Å². The van der Waals surface area contributed by atoms with Crippen LogP contribution in [0.5, 0.6) is 5.75 Å². The highest BCUT2D eigenvalue weighted by Gasteiger charge is 2.13. The molecule has 0 aliphatic carbocycles. The number of ether oxygens (including phenoxy) is 1. The number of hydrogen-bond acceptors (Lipinski definition) is 4. The van der Waals surface area contributed by atoms with E-state index in [0.717, 1.165) is 30.2 Å². The molecule has 1 saturated heterocycles. The predicted molar refractivity (Wildman–Crippen MR) is 91.0 cm³/mol. The number of nitrogens with one attached hydrogen (secondary N) is 1. The zero-order valence-corrected chi connectivity index (χ0v) is 13.3. The first kappa shape index (κ1) is 15.3. The Morgan fingerprint density at radius 3 is 2.70 bits per heavy atom. The van der Waals surface area contributed by atoms with Crippen molar-refractivity contribution < 1.29 is 9.53 Å². The molecule has 0 atom stereocenters. The standard InChI is InChI=1S/C18H21N3O2/c1-23-16-7-3-2-6-14(16)12-18(22)20-15-8-9-17(19-13-15)21-10-4-5-11-21/h2-3,6-9,13H,4-5,10-12H2,1H3,(H,20,22). The molecule has 120 valence electrons. The van der Waals surface area contributed by atoms with Gasteiger partial charge in [0.15, 0.2) is 0 Å². The molecule has 5 nitrogen and oxygen atoms in total. The third kappa shape index (κ3) is 3.80. The number of methoxy groups -OCH3 is 1. The third-order valence-electron chi connectivity index (χ3n) is 4.01. The molecule has 0 bridgehead atoms. The average molecular weight is 311 g/mol. The van der Waals surface area contributed by atoms with Crippen molar-refractivity contribution in [2.24, 2.45) is 0 Å². The van der Waals surface area contributed by atoms with E-state index in [1.165, 1.54) is 12.8 Å². The van der Waals surface area contributed by atoms with Gasteiger partial charge in [-0.05, 0) is 31.0 Å². The second kappa shape index (κ2) is 7.13. The fraction of sp³-hybridized carbons (Fsp3) is 0.333. The van der Waals surface area contributed by atoms with Gasteiger partial charge in [0, 0.05) is 18.7 Å². The van der Waals surface area contributed by atoms with Crippen molar-refractivity contribution in [1.29, 1.82) is 0 Å². The Labute approximate surface area is 136 Å². The summed E-state index contributed by atoms with van der Waals surface area (Å²) in [6, 6.07) is 11.4. The number of hydrogen-bond donors (Lipinski definition) is 1. The normalized spacial score (nSPS) is 13.9. The number of amides is 1. The molecule has 1 aromatic carbocycles. The van der Waals surface area contributed by atoms with Crippen molar-refractivity contribution in [1.82, 2.24) is 4.98 Å². The molecule has 5 heteroatoms. The Kier molecular flexibility index (Phi) is 4.76. The summed E-state index contributed by atoms with van der Waals surface area (Å²) in [7, 11) is 1.61. The van der Waals surface area contributed by atoms with Gasteiger partial charge in [0.2, 0.25) is 5.91 Å². The molecule has 2 aromatic rings. The molecule has 1 aliphatic rings. The first-order valence-electron chi connectivity index (χ1n) is 7.89. The van der Waals surface area contributed by atoms with Gasteiger partial charge in [-0.3, -0.25) is 4.79 Å². The van der Waals surface area contributed by atoms with Gasteiger partial charge in [-0.25, -0.2) is 4.98 Å². The van der Waals surface area contributed by atoms with Gasteiger partial charge in [-0.2, -0.15) is 0 Å². The van der Waals surface area contributed by atoms with Crippen LogP contribution in [0.4, 0.5) is 11.5 Å². The molecule has 1 aliphatic heterocycles. The maximum atomic E-state index is 12.2. The minimum absolute atomic E-state index is 0.0785. The van der Waals surface area contributed by atoms with Crippen molar-refractivity contribution >= 4 is 17.4 Å². The van der Waals surface area contributed by atoms with Gasteiger partial charge in [0.25, 0.3) is 0 Å². The number of pyridine rings is 1. The van der Waals surface area contributed by atoms with Crippen LogP contribution >= 0.6 is 0 Å². The lowest BCUT2D eigenvalue weighted by Gasteiger charge is -2.16. The first-order chi connectivity index (χ1) is 11.3. The molecule has 2 heterocycles. The second-order valence-electron chi connectivity index (χ2n) is 5.64. The highest BCUT2D eigenvalue weighted by Crippen LogP contribution is 2.20. The van der Waals surface area contributed by atoms with Crippen molar-refractivity contribution in [2.45, 2.75) is 19.3 Å². The maximum absolute atomic E-state index is 12.2. The molecule has 1 fully saturated rings. The van der Waals surface area contributed by atoms with Crippen LogP contribution in [0.15, 0.2) is 42.6 Å². The molecular weight excluding hydrogens is 290 g/mol. The van der Waals surface area contributed by atoms with Crippen LogP contribution in [-0.4, -0.2) is 31.1 Å². The van der Waals surface area contributed by atoms with E-state index in [1.54, 1.807) is 13.3 Å². The maximum Gasteiger partial charge on any atom is 0.228 e. The summed E-state index contributed by atoms with van der Waals surface area (Å²) in [5.41, 5.74) is 1.59. The zero-order chi connectivity index (χ0) is 16.1. The summed E-state index contributed by atoms with van der Waals surface area (Å²) in [5, 5.41) is 2.88. The Hall–Kier alpha value is -2.56. The van der Waals surface area contributed by atoms with Crippen LogP contribution in [-0.2, 0) is 11.2 Å². The average Bonchev–Trinajstić information content (AvgIpc) is 3.10. The number of rotatable bonds is 5. The number of para-hydroxylation sites is 1. The molecule has 0 radical (unpaired) electrons. The lowest BCUT2D eigenvalue weighted by Crippen LogP contribution is -2.19. The monoisotopic (exact) mass is 311 g/mol. The van der Waals surface area contributed by atoms with Gasteiger partial charge in [0.1, 0.15) is 11.6 Å². The SMILES string of the molecule is COc1ccccc1CC(=O)Nc1ccc(N2CCCC2)nc1. The minimum atomic E-state index is -0.0785. The van der Waals surface area contributed by atoms with Crippen molar-refractivity contribution in [3.8, 4) is 5.75 Å². The second-order valence-corrected chi connectivity index (χ2v) is 5.64. The van der Waals surface area contributed by atoms with E-state index >= 15 is 0 Å². The summed E-state index contributed by atoms with van der Waals surface area (Å²) in [6.07, 6.45) is 4.43. The topological polar surface area (TPSA) is 54.5 Å². The van der Waals surface area contributed by atoms with Crippen molar-refractivity contribution in [3.63, 3.8) is 0 Å². The number of benzene rings is 1. The Morgan fingerprint density at radius 2 is 2.00 bits per heavy atom. The quantitative estimate of drug-likeness (QED) is 0.922. The van der Waals surface area contributed by atoms with E-state index in [4.69, 9.17) is 4.74 Å². The van der Waals surface area contributed by atoms with Gasteiger partial charge >= 0.3 is 0 Å². The highest BCUT2D eigenvalue weighted by atomic mass is 16.5. The summed E-state index contributed by atoms with van der Waals surface area (Å²) >= 11 is 0. The van der Waals surface area contributed by atoms with Crippen LogP contribution in [0, 0.1) is 0 Å². The molecule has 0 unspecified atom stereocenters. The zero-order valence-electron chi connectivity index (χ0n) is 13.3. The number of carbonyl (C=O) groups excluding carboxylic acids is 1. The molecule has 1 amide bonds. The molecule has 0 saturated carbocycles. The minimum Gasteiger partial charge on any atom is -0.496 e. The van der Waals surface area contributed by atoms with E-state index in [0.29, 0.717) is 5.69 Å². The van der Waals surface area contributed by atoms with E-state index in [-0.39, 0.29) is 12.3 Å². The number of nitrogens with zero attached hydrogens (tertiary/aromatic N) is 2. The van der Waals surface area contributed by atoms with Gasteiger partial charge < -0.3 is 15.0 Å². The van der Waals surface area contributed by atoms with E-state index in [1.807, 2.05) is 36.4 Å². The summed E-state index contributed by atoms with van der Waals surface area (Å²) in [5.74, 6) is 1.63. The molecule has 0 spiro atoms. The van der Waals surface area contributed by atoms with E-state index in [2.05, 4.69) is 15.2 Å². The molecular formula is C18H21N3O2. The fourth-order valence-corrected chi connectivity index (χ4v) is 2.82. The fourth-order valence-electron chi connectivity index (χ4n) is 2.82. The largest absolute Gasteiger partial charge is 0.496 e. The van der Waals surface area contributed by atoms with E-state index in [9.17, 15) is 4.79 Å². The van der Waals surface area contributed by atoms with Crippen LogP contribution in [0.25, 0.3) is 0 Å². The Balaban J connectivity index is 1.61. The van der Waals surface area contributed by atoms with Crippen molar-refractivity contribution in [3.05, 3.63) is 48.2 Å². The lowest BCUT2D eigenvalue weighted by molar-refractivity contribution is -0.115. The lowest BCUT2D eigenvalue weighted by atomic mass is 10.1. The van der Waals surface area contributed by atoms with E-state index < -0.39 is 0 Å². The molecule has 1 aromatic heterocycles. The Bertz CT molecular complexity index is 664. The third-order valence-corrected chi connectivity index (χ3v) is 4.01. The van der Waals surface area contributed by atoms with Crippen LogP contribution in [0.1, 0.15) is 18.4 Å². The van der Waals surface area contributed by atoms with Crippen LogP contribution in [0.2, 0.25) is 0 Å². The number of aromatic nitrogens is 1.